The first-order chi connectivity index (χ1) is 7.70. The van der Waals surface area contributed by atoms with E-state index in [0.29, 0.717) is 11.8 Å². The summed E-state index contributed by atoms with van der Waals surface area (Å²) in [5, 5.41) is 8.51. The molecule has 0 saturated heterocycles. The molecule has 2 unspecified atom stereocenters. The predicted octanol–water partition coefficient (Wildman–Crippen LogP) is 2.44. The van der Waals surface area contributed by atoms with Crippen molar-refractivity contribution in [2.45, 2.75) is 12.3 Å². The third-order valence-electron chi connectivity index (χ3n) is 2.87. The van der Waals surface area contributed by atoms with Gasteiger partial charge >= 0.3 is 5.97 Å². The highest BCUT2D eigenvalue weighted by molar-refractivity contribution is 5.79. The Kier molecular flexibility index (Phi) is 2.95. The van der Waals surface area contributed by atoms with Crippen molar-refractivity contribution in [1.29, 1.82) is 0 Å². The molecule has 1 aliphatic rings. The molecule has 0 aliphatic heterocycles. The van der Waals surface area contributed by atoms with E-state index < -0.39 is 5.97 Å². The van der Waals surface area contributed by atoms with Crippen molar-refractivity contribution in [2.75, 3.05) is 7.11 Å². The van der Waals surface area contributed by atoms with Crippen LogP contribution in [0.25, 0.3) is 0 Å². The first kappa shape index (κ1) is 10.7. The van der Waals surface area contributed by atoms with Crippen LogP contribution in [0.15, 0.2) is 36.4 Å². The van der Waals surface area contributed by atoms with Crippen LogP contribution in [0.4, 0.5) is 0 Å². The zero-order chi connectivity index (χ0) is 11.5. The molecule has 0 bridgehead atoms. The second-order valence-corrected chi connectivity index (χ2v) is 3.98. The third kappa shape index (κ3) is 2.42. The molecule has 1 aliphatic carbocycles. The Hall–Kier alpha value is -1.77. The van der Waals surface area contributed by atoms with E-state index in [1.807, 2.05) is 24.3 Å². The van der Waals surface area contributed by atoms with Gasteiger partial charge in [-0.2, -0.15) is 0 Å². The summed E-state index contributed by atoms with van der Waals surface area (Å²) in [6, 6.07) is 7.95. The highest BCUT2D eigenvalue weighted by atomic mass is 16.5. The molecule has 0 spiro atoms. The quantitative estimate of drug-likeness (QED) is 0.789. The molecule has 1 aromatic carbocycles. The normalized spacial score (nSPS) is 23.3. The van der Waals surface area contributed by atoms with E-state index in [1.54, 1.807) is 13.2 Å². The number of methoxy groups -OCH3 is 1. The van der Waals surface area contributed by atoms with Crippen LogP contribution in [0.5, 0.6) is 5.75 Å². The van der Waals surface area contributed by atoms with Gasteiger partial charge in [0.1, 0.15) is 5.75 Å². The molecule has 16 heavy (non-hydrogen) atoms. The monoisotopic (exact) mass is 218 g/mol. The van der Waals surface area contributed by atoms with Gasteiger partial charge in [0.05, 0.1) is 7.11 Å². The van der Waals surface area contributed by atoms with Gasteiger partial charge in [0.25, 0.3) is 0 Å². The molecule has 0 aromatic heterocycles. The van der Waals surface area contributed by atoms with Crippen molar-refractivity contribution < 1.29 is 14.6 Å². The molecule has 0 heterocycles. The third-order valence-corrected chi connectivity index (χ3v) is 2.87. The molecule has 1 saturated carbocycles. The van der Waals surface area contributed by atoms with Crippen LogP contribution < -0.4 is 4.74 Å². The van der Waals surface area contributed by atoms with Gasteiger partial charge in [0.2, 0.25) is 0 Å². The predicted molar refractivity (Wildman–Crippen MR) is 60.6 cm³/mol. The Labute approximate surface area is 94.4 Å². The van der Waals surface area contributed by atoms with E-state index in [0.717, 1.165) is 12.2 Å². The van der Waals surface area contributed by atoms with Gasteiger partial charge in [-0.1, -0.05) is 18.2 Å². The fraction of sp³-hybridized carbons (Fsp3) is 0.308. The Morgan fingerprint density at radius 1 is 1.44 bits per heavy atom. The summed E-state index contributed by atoms with van der Waals surface area (Å²) < 4.78 is 5.08. The number of allylic oxidation sites excluding steroid dienone is 1. The van der Waals surface area contributed by atoms with Crippen LogP contribution in [-0.4, -0.2) is 18.2 Å². The maximum Gasteiger partial charge on any atom is 0.327 e. The van der Waals surface area contributed by atoms with Crippen LogP contribution in [0, 0.1) is 5.92 Å². The van der Waals surface area contributed by atoms with Crippen LogP contribution in [0.1, 0.15) is 17.9 Å². The molecule has 84 valence electrons. The SMILES string of the molecule is COc1ccc(C2CC2/C=C/C(=O)O)cc1. The molecule has 0 radical (unpaired) electrons. The molecule has 2 atom stereocenters. The van der Waals surface area contributed by atoms with E-state index in [-0.39, 0.29) is 0 Å². The van der Waals surface area contributed by atoms with E-state index in [1.165, 1.54) is 11.6 Å². The van der Waals surface area contributed by atoms with E-state index in [9.17, 15) is 4.79 Å². The van der Waals surface area contributed by atoms with Crippen LogP contribution in [0.3, 0.4) is 0 Å². The second kappa shape index (κ2) is 4.39. The van der Waals surface area contributed by atoms with Gasteiger partial charge in [-0.05, 0) is 36.0 Å². The molecule has 0 amide bonds. The number of aliphatic carboxylic acids is 1. The van der Waals surface area contributed by atoms with Crippen LogP contribution in [0.2, 0.25) is 0 Å². The van der Waals surface area contributed by atoms with E-state index in [4.69, 9.17) is 9.84 Å². The minimum absolute atomic E-state index is 0.379. The van der Waals surface area contributed by atoms with Crippen molar-refractivity contribution >= 4 is 5.97 Å². The zero-order valence-electron chi connectivity index (χ0n) is 9.09. The zero-order valence-corrected chi connectivity index (χ0v) is 9.09. The van der Waals surface area contributed by atoms with Gasteiger partial charge in [0.15, 0.2) is 0 Å². The maximum absolute atomic E-state index is 10.4. The van der Waals surface area contributed by atoms with Gasteiger partial charge in [-0.25, -0.2) is 4.79 Å². The van der Waals surface area contributed by atoms with Crippen molar-refractivity contribution in [2.24, 2.45) is 5.92 Å². The fourth-order valence-corrected chi connectivity index (χ4v) is 1.87. The lowest BCUT2D eigenvalue weighted by atomic mass is 10.1. The van der Waals surface area contributed by atoms with E-state index in [2.05, 4.69) is 0 Å². The number of benzene rings is 1. The first-order valence-electron chi connectivity index (χ1n) is 5.26. The Bertz CT molecular complexity index is 406. The fourth-order valence-electron chi connectivity index (χ4n) is 1.87. The molecule has 3 nitrogen and oxygen atoms in total. The maximum atomic E-state index is 10.4. The number of ether oxygens (including phenoxy) is 1. The number of rotatable bonds is 4. The van der Waals surface area contributed by atoms with Crippen LogP contribution >= 0.6 is 0 Å². The summed E-state index contributed by atoms with van der Waals surface area (Å²) in [4.78, 5) is 10.4. The number of carboxylic acids is 1. The number of hydrogen-bond acceptors (Lipinski definition) is 2. The van der Waals surface area contributed by atoms with Gasteiger partial charge in [0, 0.05) is 6.08 Å². The van der Waals surface area contributed by atoms with Crippen molar-refractivity contribution in [3.8, 4) is 5.75 Å². The molecular weight excluding hydrogens is 204 g/mol. The summed E-state index contributed by atoms with van der Waals surface area (Å²) in [5.41, 5.74) is 1.25. The number of carbonyl (C=O) groups is 1. The summed E-state index contributed by atoms with van der Waals surface area (Å²) in [5.74, 6) is 0.827. The molecule has 1 fully saturated rings. The Balaban J connectivity index is 1.97. The molecule has 2 rings (SSSR count). The summed E-state index contributed by atoms with van der Waals surface area (Å²) in [6.45, 7) is 0. The minimum atomic E-state index is -0.875. The average Bonchev–Trinajstić information content (AvgIpc) is 3.06. The average molecular weight is 218 g/mol. The first-order valence-corrected chi connectivity index (χ1v) is 5.26. The second-order valence-electron chi connectivity index (χ2n) is 3.98. The molecule has 1 N–H and O–H groups in total. The van der Waals surface area contributed by atoms with Crippen molar-refractivity contribution in [3.63, 3.8) is 0 Å². The lowest BCUT2D eigenvalue weighted by molar-refractivity contribution is -0.131. The lowest BCUT2D eigenvalue weighted by Crippen LogP contribution is -1.87. The highest BCUT2D eigenvalue weighted by Crippen LogP contribution is 2.48. The minimum Gasteiger partial charge on any atom is -0.497 e. The van der Waals surface area contributed by atoms with Crippen molar-refractivity contribution in [1.82, 2.24) is 0 Å². The van der Waals surface area contributed by atoms with Crippen LogP contribution in [-0.2, 0) is 4.79 Å². The summed E-state index contributed by atoms with van der Waals surface area (Å²) >= 11 is 0. The largest absolute Gasteiger partial charge is 0.497 e. The molecular formula is C13H14O3. The number of hydrogen-bond donors (Lipinski definition) is 1. The summed E-state index contributed by atoms with van der Waals surface area (Å²) in [7, 11) is 1.64. The molecule has 1 aromatic rings. The lowest BCUT2D eigenvalue weighted by Gasteiger charge is -2.01. The highest BCUT2D eigenvalue weighted by Gasteiger charge is 2.36. The topological polar surface area (TPSA) is 46.5 Å². The van der Waals surface area contributed by atoms with Gasteiger partial charge in [-0.15, -0.1) is 0 Å². The van der Waals surface area contributed by atoms with Crippen molar-refractivity contribution in [3.05, 3.63) is 42.0 Å². The summed E-state index contributed by atoms with van der Waals surface area (Å²) in [6.07, 6.45) is 4.04. The Morgan fingerprint density at radius 2 is 2.12 bits per heavy atom. The molecule has 3 heteroatoms. The van der Waals surface area contributed by atoms with E-state index >= 15 is 0 Å². The number of carboxylic acid groups (broad SMARTS) is 1. The standard InChI is InChI=1S/C13H14O3/c1-16-11-5-2-9(3-6-11)12-8-10(12)4-7-13(14)15/h2-7,10,12H,8H2,1H3,(H,14,15)/b7-4+. The van der Waals surface area contributed by atoms with Gasteiger partial charge < -0.3 is 9.84 Å². The smallest absolute Gasteiger partial charge is 0.327 e. The Morgan fingerprint density at radius 3 is 2.69 bits per heavy atom. The van der Waals surface area contributed by atoms with Gasteiger partial charge in [-0.3, -0.25) is 0 Å².